The van der Waals surface area contributed by atoms with Crippen LogP contribution in [0.3, 0.4) is 0 Å². The van der Waals surface area contributed by atoms with Gasteiger partial charge in [0.15, 0.2) is 0 Å². The summed E-state index contributed by atoms with van der Waals surface area (Å²) in [6.07, 6.45) is 1.43. The second-order valence-corrected chi connectivity index (χ2v) is 4.22. The van der Waals surface area contributed by atoms with Crippen LogP contribution in [0.15, 0.2) is 30.5 Å². The molecule has 108 valence electrons. The van der Waals surface area contributed by atoms with Gasteiger partial charge in [-0.25, -0.2) is 9.37 Å². The molecule has 0 unspecified atom stereocenters. The molecule has 1 aromatic heterocycles. The number of anilines is 1. The number of halogens is 2. The molecular weight excluding hydrogens is 284 g/mol. The molecule has 0 atom stereocenters. The average molecular weight is 293 g/mol. The minimum absolute atomic E-state index is 0.131. The second-order valence-electron chi connectivity index (χ2n) is 4.22. The summed E-state index contributed by atoms with van der Waals surface area (Å²) in [6.45, 7) is 1.75. The van der Waals surface area contributed by atoms with Crippen molar-refractivity contribution < 1.29 is 18.5 Å². The predicted molar refractivity (Wildman–Crippen MR) is 69.9 cm³/mol. The van der Waals surface area contributed by atoms with E-state index in [1.165, 1.54) is 12.3 Å². The summed E-state index contributed by atoms with van der Waals surface area (Å²) in [5, 5.41) is 12.9. The normalized spacial score (nSPS) is 10.2. The van der Waals surface area contributed by atoms with Crippen molar-refractivity contribution in [2.45, 2.75) is 6.92 Å². The fraction of sp³-hybridized carbons (Fsp3) is 0.0769. The fourth-order valence-corrected chi connectivity index (χ4v) is 1.66. The first-order chi connectivity index (χ1) is 9.88. The lowest BCUT2D eigenvalue weighted by molar-refractivity contribution is -0.387. The monoisotopic (exact) mass is 293 g/mol. The number of benzene rings is 1. The number of rotatable bonds is 3. The zero-order valence-corrected chi connectivity index (χ0v) is 10.8. The highest BCUT2D eigenvalue weighted by atomic mass is 19.1. The summed E-state index contributed by atoms with van der Waals surface area (Å²) in [6, 6.07) is 4.21. The lowest BCUT2D eigenvalue weighted by atomic mass is 10.1. The highest BCUT2D eigenvalue weighted by Crippen LogP contribution is 2.23. The lowest BCUT2D eigenvalue weighted by Crippen LogP contribution is -2.16. The van der Waals surface area contributed by atoms with Gasteiger partial charge in [-0.05, 0) is 30.7 Å². The zero-order chi connectivity index (χ0) is 15.6. The number of aromatic nitrogens is 1. The summed E-state index contributed by atoms with van der Waals surface area (Å²) >= 11 is 0. The molecule has 0 spiro atoms. The molecule has 0 radical (unpaired) electrons. The summed E-state index contributed by atoms with van der Waals surface area (Å²) in [7, 11) is 0. The van der Waals surface area contributed by atoms with Crippen LogP contribution >= 0.6 is 0 Å². The molecular formula is C13H9F2N3O3. The predicted octanol–water partition coefficient (Wildman–Crippen LogP) is 2.83. The van der Waals surface area contributed by atoms with Crippen LogP contribution in [0.5, 0.6) is 0 Å². The maximum absolute atomic E-state index is 13.8. The Kier molecular flexibility index (Phi) is 3.88. The number of hydrogen-bond acceptors (Lipinski definition) is 4. The summed E-state index contributed by atoms with van der Waals surface area (Å²) < 4.78 is 27.1. The van der Waals surface area contributed by atoms with Crippen LogP contribution in [0.2, 0.25) is 0 Å². The molecule has 0 saturated carbocycles. The molecule has 1 N–H and O–H groups in total. The first-order valence-electron chi connectivity index (χ1n) is 5.76. The van der Waals surface area contributed by atoms with Crippen molar-refractivity contribution in [2.75, 3.05) is 5.32 Å². The molecule has 8 heteroatoms. The molecule has 0 saturated heterocycles. The van der Waals surface area contributed by atoms with Crippen LogP contribution < -0.4 is 5.32 Å². The minimum atomic E-state index is -1.40. The Morgan fingerprint density at radius 2 is 2.05 bits per heavy atom. The SMILES string of the molecule is Cc1ccnc(NC(=O)c2cc(F)cc([N+](=O)[O-])c2F)c1. The number of aryl methyl sites for hydroxylation is 1. The van der Waals surface area contributed by atoms with Crippen molar-refractivity contribution in [3.8, 4) is 0 Å². The van der Waals surface area contributed by atoms with Crippen LogP contribution in [0.1, 0.15) is 15.9 Å². The quantitative estimate of drug-likeness (QED) is 0.696. The Morgan fingerprint density at radius 3 is 2.67 bits per heavy atom. The largest absolute Gasteiger partial charge is 0.308 e. The zero-order valence-electron chi connectivity index (χ0n) is 10.8. The topological polar surface area (TPSA) is 85.1 Å². The van der Waals surface area contributed by atoms with Crippen LogP contribution in [-0.2, 0) is 0 Å². The van der Waals surface area contributed by atoms with Crippen molar-refractivity contribution in [2.24, 2.45) is 0 Å². The van der Waals surface area contributed by atoms with E-state index < -0.39 is 33.7 Å². The molecule has 21 heavy (non-hydrogen) atoms. The highest BCUT2D eigenvalue weighted by molar-refractivity contribution is 6.04. The number of carbonyl (C=O) groups is 1. The van der Waals surface area contributed by atoms with E-state index in [4.69, 9.17) is 0 Å². The Bertz CT molecular complexity index is 735. The second kappa shape index (κ2) is 5.61. The van der Waals surface area contributed by atoms with Gasteiger partial charge in [-0.3, -0.25) is 14.9 Å². The standard InChI is InChI=1S/C13H9F2N3O3/c1-7-2-3-16-11(4-7)17-13(19)9-5-8(14)6-10(12(9)15)18(20)21/h2-6H,1H3,(H,16,17,19). The maximum atomic E-state index is 13.8. The third-order valence-corrected chi connectivity index (χ3v) is 2.62. The van der Waals surface area contributed by atoms with Crippen LogP contribution in [0.4, 0.5) is 20.3 Å². The van der Waals surface area contributed by atoms with Gasteiger partial charge < -0.3 is 5.32 Å². The van der Waals surface area contributed by atoms with Gasteiger partial charge in [-0.15, -0.1) is 0 Å². The molecule has 6 nitrogen and oxygen atoms in total. The van der Waals surface area contributed by atoms with Gasteiger partial charge in [0.2, 0.25) is 5.82 Å². The van der Waals surface area contributed by atoms with E-state index in [0.29, 0.717) is 12.1 Å². The number of nitro benzene ring substituents is 1. The van der Waals surface area contributed by atoms with Gasteiger partial charge >= 0.3 is 5.69 Å². The van der Waals surface area contributed by atoms with Gasteiger partial charge in [0.05, 0.1) is 16.6 Å². The fourth-order valence-electron chi connectivity index (χ4n) is 1.66. The van der Waals surface area contributed by atoms with Crippen LogP contribution in [-0.4, -0.2) is 15.8 Å². The van der Waals surface area contributed by atoms with Crippen molar-refractivity contribution >= 4 is 17.4 Å². The van der Waals surface area contributed by atoms with Crippen LogP contribution in [0.25, 0.3) is 0 Å². The van der Waals surface area contributed by atoms with Crippen molar-refractivity contribution in [1.82, 2.24) is 4.98 Å². The molecule has 0 bridgehead atoms. The maximum Gasteiger partial charge on any atom is 0.308 e. The van der Waals surface area contributed by atoms with Crippen LogP contribution in [0, 0.1) is 28.7 Å². The van der Waals surface area contributed by atoms with E-state index in [2.05, 4.69) is 10.3 Å². The van der Waals surface area contributed by atoms with Gasteiger partial charge in [-0.1, -0.05) is 0 Å². The Morgan fingerprint density at radius 1 is 1.33 bits per heavy atom. The Hall–Kier alpha value is -2.90. The Labute approximate surface area is 117 Å². The number of carbonyl (C=O) groups excluding carboxylic acids is 1. The van der Waals surface area contributed by atoms with Gasteiger partial charge in [0.25, 0.3) is 5.91 Å². The van der Waals surface area contributed by atoms with Gasteiger partial charge in [-0.2, -0.15) is 4.39 Å². The molecule has 1 aromatic carbocycles. The van der Waals surface area contributed by atoms with Gasteiger partial charge in [0, 0.05) is 6.20 Å². The van der Waals surface area contributed by atoms with Gasteiger partial charge in [0.1, 0.15) is 11.6 Å². The summed E-state index contributed by atoms with van der Waals surface area (Å²) in [5.41, 5.74) is -1.06. The van der Waals surface area contributed by atoms with E-state index in [1.54, 1.807) is 13.0 Å². The summed E-state index contributed by atoms with van der Waals surface area (Å²) in [4.78, 5) is 25.2. The molecule has 0 aliphatic heterocycles. The lowest BCUT2D eigenvalue weighted by Gasteiger charge is -2.06. The van der Waals surface area contributed by atoms with E-state index in [0.717, 1.165) is 5.56 Å². The van der Waals surface area contributed by atoms with Crippen molar-refractivity contribution in [3.63, 3.8) is 0 Å². The molecule has 0 fully saturated rings. The Balaban J connectivity index is 2.37. The summed E-state index contributed by atoms with van der Waals surface area (Å²) in [5.74, 6) is -3.36. The number of pyridine rings is 1. The number of nitro groups is 1. The third kappa shape index (κ3) is 3.16. The number of nitrogens with one attached hydrogen (secondary N) is 1. The third-order valence-electron chi connectivity index (χ3n) is 2.62. The van der Waals surface area contributed by atoms with E-state index in [1.807, 2.05) is 0 Å². The molecule has 1 heterocycles. The molecule has 2 aromatic rings. The number of amides is 1. The first-order valence-corrected chi connectivity index (χ1v) is 5.76. The smallest absolute Gasteiger partial charge is 0.306 e. The molecule has 2 rings (SSSR count). The van der Waals surface area contributed by atoms with E-state index in [9.17, 15) is 23.7 Å². The molecule has 1 amide bonds. The number of nitrogens with zero attached hydrogens (tertiary/aromatic N) is 2. The molecule has 0 aliphatic rings. The van der Waals surface area contributed by atoms with Crippen molar-refractivity contribution in [3.05, 3.63) is 63.3 Å². The number of hydrogen-bond donors (Lipinski definition) is 1. The average Bonchev–Trinajstić information content (AvgIpc) is 2.40. The molecule has 0 aliphatic carbocycles. The minimum Gasteiger partial charge on any atom is -0.306 e. The van der Waals surface area contributed by atoms with E-state index >= 15 is 0 Å². The van der Waals surface area contributed by atoms with Crippen molar-refractivity contribution in [1.29, 1.82) is 0 Å². The highest BCUT2D eigenvalue weighted by Gasteiger charge is 2.24. The first kappa shape index (κ1) is 14.5. The van der Waals surface area contributed by atoms with E-state index in [-0.39, 0.29) is 5.82 Å².